The molecule has 0 atom stereocenters. The Bertz CT molecular complexity index is 1350. The van der Waals surface area contributed by atoms with E-state index in [0.717, 1.165) is 17.8 Å². The molecule has 1 aromatic heterocycles. The first-order valence-corrected chi connectivity index (χ1v) is 12.6. The molecule has 0 spiro atoms. The Morgan fingerprint density at radius 2 is 1.71 bits per heavy atom. The molecule has 1 fully saturated rings. The van der Waals surface area contributed by atoms with Gasteiger partial charge in [-0.1, -0.05) is 0 Å². The van der Waals surface area contributed by atoms with Crippen LogP contribution in [0.5, 0.6) is 11.5 Å². The first-order chi connectivity index (χ1) is 19.7. The molecule has 41 heavy (non-hydrogen) atoms. The molecule has 4 N–H and O–H groups in total. The maximum absolute atomic E-state index is 13.6. The van der Waals surface area contributed by atoms with Crippen molar-refractivity contribution in [3.8, 4) is 11.5 Å². The van der Waals surface area contributed by atoms with Crippen LogP contribution in [-0.2, 0) is 6.18 Å². The van der Waals surface area contributed by atoms with Crippen molar-refractivity contribution < 1.29 is 37.3 Å². The quantitative estimate of drug-likeness (QED) is 0.312. The third-order valence-corrected chi connectivity index (χ3v) is 6.21. The number of pyridine rings is 1. The molecule has 1 aliphatic heterocycles. The van der Waals surface area contributed by atoms with Gasteiger partial charge in [-0.3, -0.25) is 4.98 Å². The minimum absolute atomic E-state index is 0.0613. The summed E-state index contributed by atoms with van der Waals surface area (Å²) in [4.78, 5) is 32.6. The molecule has 4 rings (SSSR count). The van der Waals surface area contributed by atoms with Gasteiger partial charge in [0.2, 0.25) is 0 Å². The van der Waals surface area contributed by atoms with Gasteiger partial charge in [0.05, 0.1) is 36.9 Å². The van der Waals surface area contributed by atoms with E-state index >= 15 is 0 Å². The molecule has 0 aliphatic carbocycles. The molecule has 0 unspecified atom stereocenters. The number of amides is 4. The number of benzene rings is 2. The number of aromatic nitrogens is 1. The van der Waals surface area contributed by atoms with Gasteiger partial charge in [-0.25, -0.2) is 9.59 Å². The van der Waals surface area contributed by atoms with Crippen molar-refractivity contribution in [2.45, 2.75) is 6.18 Å². The number of carbonyl (C=O) groups excluding carboxylic acids is 2. The molecule has 11 nitrogen and oxygen atoms in total. The molecule has 1 saturated heterocycles. The lowest BCUT2D eigenvalue weighted by molar-refractivity contribution is -0.137. The van der Waals surface area contributed by atoms with E-state index in [4.69, 9.17) is 14.6 Å². The number of ether oxygens (including phenoxy) is 2. The van der Waals surface area contributed by atoms with Gasteiger partial charge < -0.3 is 40.3 Å². The zero-order valence-electron chi connectivity index (χ0n) is 22.1. The maximum atomic E-state index is 13.6. The number of piperazine rings is 1. The van der Waals surface area contributed by atoms with Gasteiger partial charge in [0.25, 0.3) is 0 Å². The van der Waals surface area contributed by atoms with Crippen molar-refractivity contribution in [3.05, 3.63) is 66.5 Å². The summed E-state index contributed by atoms with van der Waals surface area (Å²) in [7, 11) is 1.48. The zero-order valence-corrected chi connectivity index (χ0v) is 22.1. The van der Waals surface area contributed by atoms with Gasteiger partial charge in [-0.05, 0) is 48.5 Å². The highest BCUT2D eigenvalue weighted by Gasteiger charge is 2.35. The Labute approximate surface area is 233 Å². The van der Waals surface area contributed by atoms with Crippen LogP contribution in [0.25, 0.3) is 0 Å². The number of alkyl halides is 3. The largest absolute Gasteiger partial charge is 0.493 e. The maximum Gasteiger partial charge on any atom is 0.418 e. The third kappa shape index (κ3) is 7.69. The van der Waals surface area contributed by atoms with E-state index in [-0.39, 0.29) is 24.7 Å². The van der Waals surface area contributed by atoms with Crippen molar-refractivity contribution >= 4 is 34.8 Å². The van der Waals surface area contributed by atoms with E-state index in [2.05, 4.69) is 20.9 Å². The fourth-order valence-corrected chi connectivity index (χ4v) is 4.17. The number of methoxy groups -OCH3 is 1. The molecule has 0 saturated carbocycles. The van der Waals surface area contributed by atoms with Crippen LogP contribution in [0.2, 0.25) is 0 Å². The molecular formula is C27H29F3N6O5. The highest BCUT2D eigenvalue weighted by atomic mass is 19.4. The average Bonchev–Trinajstić information content (AvgIpc) is 2.96. The average molecular weight is 575 g/mol. The first kappa shape index (κ1) is 29.3. The molecule has 3 aromatic rings. The van der Waals surface area contributed by atoms with Crippen molar-refractivity contribution in [2.24, 2.45) is 0 Å². The summed E-state index contributed by atoms with van der Waals surface area (Å²) >= 11 is 0. The number of nitrogens with one attached hydrogen (secondary N) is 3. The molecule has 0 radical (unpaired) electrons. The number of urea groups is 2. The van der Waals surface area contributed by atoms with Crippen LogP contribution in [0.3, 0.4) is 0 Å². The fraction of sp³-hybridized carbons (Fsp3) is 0.296. The highest BCUT2D eigenvalue weighted by molar-refractivity contribution is 6.00. The molecule has 2 heterocycles. The van der Waals surface area contributed by atoms with E-state index in [9.17, 15) is 22.8 Å². The number of aliphatic hydroxyl groups excluding tert-OH is 1. The topological polar surface area (TPSA) is 128 Å². The standard InChI is InChI=1S/C27H29F3N6O5/c1-40-24-17-31-9-8-23(24)33-25(38)32-18-2-4-19(5-3-18)35-10-12-36(13-11-35)26(39)34-22-7-6-20(41-15-14-37)16-21(22)27(28,29)30/h2-9,16-17,37H,10-15H2,1H3,(H,34,39)(H2,31,32,33,38). The number of anilines is 4. The van der Waals surface area contributed by atoms with Gasteiger partial charge in [-0.15, -0.1) is 0 Å². The number of halogens is 3. The second-order valence-electron chi connectivity index (χ2n) is 8.88. The Balaban J connectivity index is 1.30. The van der Waals surface area contributed by atoms with Crippen LogP contribution in [0.4, 0.5) is 45.5 Å². The van der Waals surface area contributed by atoms with Crippen molar-refractivity contribution in [1.29, 1.82) is 0 Å². The van der Waals surface area contributed by atoms with Crippen LogP contribution < -0.4 is 30.3 Å². The number of carbonyl (C=O) groups is 2. The number of hydrogen-bond donors (Lipinski definition) is 4. The summed E-state index contributed by atoms with van der Waals surface area (Å²) in [5, 5.41) is 16.6. The number of nitrogens with zero attached hydrogens (tertiary/aromatic N) is 3. The van der Waals surface area contributed by atoms with E-state index < -0.39 is 23.8 Å². The summed E-state index contributed by atoms with van der Waals surface area (Å²) in [5.41, 5.74) is 0.477. The molecule has 4 amide bonds. The van der Waals surface area contributed by atoms with E-state index in [1.165, 1.54) is 30.5 Å². The predicted molar refractivity (Wildman–Crippen MR) is 147 cm³/mol. The van der Waals surface area contributed by atoms with Crippen molar-refractivity contribution in [2.75, 3.05) is 67.4 Å². The highest BCUT2D eigenvalue weighted by Crippen LogP contribution is 2.37. The van der Waals surface area contributed by atoms with Gasteiger partial charge >= 0.3 is 18.2 Å². The summed E-state index contributed by atoms with van der Waals surface area (Å²) < 4.78 is 51.0. The van der Waals surface area contributed by atoms with Crippen molar-refractivity contribution in [3.63, 3.8) is 0 Å². The Morgan fingerprint density at radius 3 is 2.37 bits per heavy atom. The van der Waals surface area contributed by atoms with E-state index in [0.29, 0.717) is 43.3 Å². The summed E-state index contributed by atoms with van der Waals surface area (Å²) in [6.45, 7) is 1.02. The smallest absolute Gasteiger partial charge is 0.418 e. The first-order valence-electron chi connectivity index (χ1n) is 12.6. The van der Waals surface area contributed by atoms with Crippen LogP contribution >= 0.6 is 0 Å². The summed E-state index contributed by atoms with van der Waals surface area (Å²) in [5.74, 6) is 0.363. The lowest BCUT2D eigenvalue weighted by Crippen LogP contribution is -2.50. The fourth-order valence-electron chi connectivity index (χ4n) is 4.17. The zero-order chi connectivity index (χ0) is 29.4. The molecular weight excluding hydrogens is 545 g/mol. The normalized spacial score (nSPS) is 13.4. The second-order valence-corrected chi connectivity index (χ2v) is 8.88. The SMILES string of the molecule is COc1cnccc1NC(=O)Nc1ccc(N2CCN(C(=O)Nc3ccc(OCCO)cc3C(F)(F)F)CC2)cc1. The summed E-state index contributed by atoms with van der Waals surface area (Å²) in [6.07, 6.45) is -1.70. The monoisotopic (exact) mass is 574 g/mol. The predicted octanol–water partition coefficient (Wildman–Crippen LogP) is 4.48. The minimum atomic E-state index is -4.71. The Morgan fingerprint density at radius 1 is 0.976 bits per heavy atom. The molecule has 2 aromatic carbocycles. The number of aliphatic hydroxyl groups is 1. The van der Waals surface area contributed by atoms with Gasteiger partial charge in [0.15, 0.2) is 5.75 Å². The molecule has 14 heteroatoms. The second kappa shape index (κ2) is 13.1. The minimum Gasteiger partial charge on any atom is -0.493 e. The third-order valence-electron chi connectivity index (χ3n) is 6.21. The van der Waals surface area contributed by atoms with Crippen LogP contribution in [0.1, 0.15) is 5.56 Å². The molecule has 218 valence electrons. The molecule has 1 aliphatic rings. The van der Waals surface area contributed by atoms with Gasteiger partial charge in [-0.2, -0.15) is 13.2 Å². The van der Waals surface area contributed by atoms with E-state index in [1.807, 2.05) is 17.0 Å². The number of hydrogen-bond acceptors (Lipinski definition) is 7. The van der Waals surface area contributed by atoms with Crippen LogP contribution in [0, 0.1) is 0 Å². The van der Waals surface area contributed by atoms with Crippen LogP contribution in [-0.4, -0.2) is 73.6 Å². The van der Waals surface area contributed by atoms with E-state index in [1.54, 1.807) is 18.2 Å². The van der Waals surface area contributed by atoms with Crippen LogP contribution in [0.15, 0.2) is 60.9 Å². The Kier molecular flexibility index (Phi) is 9.34. The van der Waals surface area contributed by atoms with Gasteiger partial charge in [0.1, 0.15) is 12.4 Å². The van der Waals surface area contributed by atoms with Gasteiger partial charge in [0, 0.05) is 43.8 Å². The lowest BCUT2D eigenvalue weighted by atomic mass is 10.1. The lowest BCUT2D eigenvalue weighted by Gasteiger charge is -2.36. The Hall–Kier alpha value is -4.72. The summed E-state index contributed by atoms with van der Waals surface area (Å²) in [6, 6.07) is 10.9. The number of rotatable bonds is 8. The molecule has 0 bridgehead atoms. The van der Waals surface area contributed by atoms with Crippen molar-refractivity contribution in [1.82, 2.24) is 9.88 Å².